The minimum atomic E-state index is -0.271. The van der Waals surface area contributed by atoms with E-state index in [1.807, 2.05) is 42.5 Å². The van der Waals surface area contributed by atoms with Crippen molar-refractivity contribution in [3.8, 4) is 0 Å². The first-order chi connectivity index (χ1) is 10.2. The zero-order valence-electron chi connectivity index (χ0n) is 11.1. The lowest BCUT2D eigenvalue weighted by atomic mass is 10.0. The van der Waals surface area contributed by atoms with Gasteiger partial charge in [-0.3, -0.25) is 4.79 Å². The average molecular weight is 298 g/mol. The van der Waals surface area contributed by atoms with Crippen molar-refractivity contribution in [2.75, 3.05) is 0 Å². The van der Waals surface area contributed by atoms with Crippen LogP contribution in [-0.2, 0) is 6.54 Å². The summed E-state index contributed by atoms with van der Waals surface area (Å²) in [5, 5.41) is 12.8. The van der Waals surface area contributed by atoms with E-state index in [0.29, 0.717) is 6.54 Å². The first-order valence-electron chi connectivity index (χ1n) is 6.48. The SMILES string of the molecule is O=C(NCc1cccc2ccccc12)c1ccc(Cl)nn1. The van der Waals surface area contributed by atoms with Crippen LogP contribution in [0.25, 0.3) is 10.8 Å². The lowest BCUT2D eigenvalue weighted by Gasteiger charge is -2.08. The second-order valence-electron chi connectivity index (χ2n) is 4.56. The molecule has 104 valence electrons. The van der Waals surface area contributed by atoms with Crippen LogP contribution in [0, 0.1) is 0 Å². The third-order valence-electron chi connectivity index (χ3n) is 3.18. The smallest absolute Gasteiger partial charge is 0.272 e. The van der Waals surface area contributed by atoms with Crippen molar-refractivity contribution in [2.45, 2.75) is 6.54 Å². The van der Waals surface area contributed by atoms with Gasteiger partial charge in [-0.2, -0.15) is 0 Å². The highest BCUT2D eigenvalue weighted by Gasteiger charge is 2.08. The molecule has 1 amide bonds. The van der Waals surface area contributed by atoms with Crippen molar-refractivity contribution in [3.05, 3.63) is 71.0 Å². The standard InChI is InChI=1S/C16H12ClN3O/c17-15-9-8-14(19-20-15)16(21)18-10-12-6-3-5-11-4-1-2-7-13(11)12/h1-9H,10H2,(H,18,21). The number of nitrogens with zero attached hydrogens (tertiary/aromatic N) is 2. The third-order valence-corrected chi connectivity index (χ3v) is 3.39. The van der Waals surface area contributed by atoms with E-state index in [1.54, 1.807) is 12.1 Å². The van der Waals surface area contributed by atoms with E-state index in [0.717, 1.165) is 16.3 Å². The number of hydrogen-bond acceptors (Lipinski definition) is 3. The van der Waals surface area contributed by atoms with Crippen LogP contribution < -0.4 is 5.32 Å². The number of rotatable bonds is 3. The van der Waals surface area contributed by atoms with Gasteiger partial charge in [0.1, 0.15) is 0 Å². The maximum atomic E-state index is 12.0. The van der Waals surface area contributed by atoms with E-state index in [9.17, 15) is 4.79 Å². The molecule has 0 aliphatic carbocycles. The lowest BCUT2D eigenvalue weighted by molar-refractivity contribution is 0.0945. The number of aromatic nitrogens is 2. The quantitative estimate of drug-likeness (QED) is 0.807. The van der Waals surface area contributed by atoms with E-state index < -0.39 is 0 Å². The molecular weight excluding hydrogens is 286 g/mol. The summed E-state index contributed by atoms with van der Waals surface area (Å²) in [6, 6.07) is 17.2. The van der Waals surface area contributed by atoms with Crippen LogP contribution in [0.3, 0.4) is 0 Å². The minimum Gasteiger partial charge on any atom is -0.347 e. The summed E-state index contributed by atoms with van der Waals surface area (Å²) in [4.78, 5) is 12.0. The molecule has 0 aliphatic heterocycles. The van der Waals surface area contributed by atoms with Crippen molar-refractivity contribution in [1.29, 1.82) is 0 Å². The van der Waals surface area contributed by atoms with Gasteiger partial charge >= 0.3 is 0 Å². The first kappa shape index (κ1) is 13.5. The van der Waals surface area contributed by atoms with E-state index in [-0.39, 0.29) is 16.8 Å². The molecule has 3 aromatic rings. The second kappa shape index (κ2) is 5.89. The van der Waals surface area contributed by atoms with Crippen LogP contribution in [0.15, 0.2) is 54.6 Å². The van der Waals surface area contributed by atoms with Crippen molar-refractivity contribution < 1.29 is 4.79 Å². The number of carbonyl (C=O) groups is 1. The molecule has 2 aromatic carbocycles. The Morgan fingerprint density at radius 1 is 1.00 bits per heavy atom. The predicted octanol–water partition coefficient (Wildman–Crippen LogP) is 3.21. The van der Waals surface area contributed by atoms with E-state index in [1.165, 1.54) is 0 Å². The molecule has 3 rings (SSSR count). The molecule has 0 radical (unpaired) electrons. The summed E-state index contributed by atoms with van der Waals surface area (Å²) in [5.41, 5.74) is 1.31. The summed E-state index contributed by atoms with van der Waals surface area (Å²) in [6.07, 6.45) is 0. The first-order valence-corrected chi connectivity index (χ1v) is 6.86. The van der Waals surface area contributed by atoms with Gasteiger partial charge < -0.3 is 5.32 Å². The number of nitrogens with one attached hydrogen (secondary N) is 1. The van der Waals surface area contributed by atoms with Gasteiger partial charge in [-0.1, -0.05) is 54.1 Å². The highest BCUT2D eigenvalue weighted by Crippen LogP contribution is 2.18. The van der Waals surface area contributed by atoms with Gasteiger partial charge in [0.15, 0.2) is 10.8 Å². The molecule has 0 spiro atoms. The van der Waals surface area contributed by atoms with E-state index >= 15 is 0 Å². The Labute approximate surface area is 126 Å². The number of amides is 1. The maximum absolute atomic E-state index is 12.0. The molecule has 1 N–H and O–H groups in total. The number of carbonyl (C=O) groups excluding carboxylic acids is 1. The Morgan fingerprint density at radius 2 is 1.81 bits per heavy atom. The Balaban J connectivity index is 1.77. The number of fused-ring (bicyclic) bond motifs is 1. The van der Waals surface area contributed by atoms with Gasteiger partial charge in [0, 0.05) is 6.54 Å². The molecule has 0 bridgehead atoms. The summed E-state index contributed by atoms with van der Waals surface area (Å²) in [7, 11) is 0. The van der Waals surface area contributed by atoms with Gasteiger partial charge in [0.05, 0.1) is 0 Å². The monoisotopic (exact) mass is 297 g/mol. The zero-order valence-corrected chi connectivity index (χ0v) is 11.8. The Kier molecular flexibility index (Phi) is 3.79. The van der Waals surface area contributed by atoms with E-state index in [4.69, 9.17) is 11.6 Å². The Morgan fingerprint density at radius 3 is 2.62 bits per heavy atom. The lowest BCUT2D eigenvalue weighted by Crippen LogP contribution is -2.24. The van der Waals surface area contributed by atoms with Crippen LogP contribution in [-0.4, -0.2) is 16.1 Å². The fourth-order valence-corrected chi connectivity index (χ4v) is 2.25. The van der Waals surface area contributed by atoms with Crippen LogP contribution in [0.2, 0.25) is 5.15 Å². The Bertz CT molecular complexity index is 782. The molecule has 0 atom stereocenters. The molecular formula is C16H12ClN3O. The second-order valence-corrected chi connectivity index (χ2v) is 4.95. The molecule has 1 aromatic heterocycles. The molecule has 5 heteroatoms. The van der Waals surface area contributed by atoms with Crippen molar-refractivity contribution in [2.24, 2.45) is 0 Å². The molecule has 0 aliphatic rings. The Hall–Kier alpha value is -2.46. The predicted molar refractivity (Wildman–Crippen MR) is 82.2 cm³/mol. The van der Waals surface area contributed by atoms with Gasteiger partial charge in [-0.25, -0.2) is 0 Å². The number of halogens is 1. The zero-order chi connectivity index (χ0) is 14.7. The molecule has 0 unspecified atom stereocenters. The fourth-order valence-electron chi connectivity index (χ4n) is 2.15. The van der Waals surface area contributed by atoms with Crippen LogP contribution in [0.5, 0.6) is 0 Å². The van der Waals surface area contributed by atoms with Crippen molar-refractivity contribution in [3.63, 3.8) is 0 Å². The maximum Gasteiger partial charge on any atom is 0.272 e. The topological polar surface area (TPSA) is 54.9 Å². The van der Waals surface area contributed by atoms with Crippen LogP contribution >= 0.6 is 11.6 Å². The number of hydrogen-bond donors (Lipinski definition) is 1. The van der Waals surface area contributed by atoms with Crippen molar-refractivity contribution in [1.82, 2.24) is 15.5 Å². The van der Waals surface area contributed by atoms with Gasteiger partial charge in [0.2, 0.25) is 0 Å². The summed E-state index contributed by atoms with van der Waals surface area (Å²) in [5.74, 6) is -0.271. The number of benzene rings is 2. The minimum absolute atomic E-state index is 0.250. The summed E-state index contributed by atoms with van der Waals surface area (Å²) >= 11 is 5.65. The van der Waals surface area contributed by atoms with Gasteiger partial charge in [-0.05, 0) is 28.5 Å². The molecule has 4 nitrogen and oxygen atoms in total. The van der Waals surface area contributed by atoms with Gasteiger partial charge in [-0.15, -0.1) is 10.2 Å². The molecule has 0 saturated carbocycles. The highest BCUT2D eigenvalue weighted by atomic mass is 35.5. The van der Waals surface area contributed by atoms with Crippen molar-refractivity contribution >= 4 is 28.3 Å². The average Bonchev–Trinajstić information content (AvgIpc) is 2.53. The largest absolute Gasteiger partial charge is 0.347 e. The molecule has 0 fully saturated rings. The van der Waals surface area contributed by atoms with Gasteiger partial charge in [0.25, 0.3) is 5.91 Å². The molecule has 1 heterocycles. The van der Waals surface area contributed by atoms with Crippen LogP contribution in [0.4, 0.5) is 0 Å². The fraction of sp³-hybridized carbons (Fsp3) is 0.0625. The third kappa shape index (κ3) is 3.01. The summed E-state index contributed by atoms with van der Waals surface area (Å²) < 4.78 is 0. The normalized spacial score (nSPS) is 10.5. The summed E-state index contributed by atoms with van der Waals surface area (Å²) in [6.45, 7) is 0.435. The highest BCUT2D eigenvalue weighted by molar-refractivity contribution is 6.29. The van der Waals surface area contributed by atoms with Crippen LogP contribution in [0.1, 0.15) is 16.1 Å². The molecule has 0 saturated heterocycles. The molecule has 21 heavy (non-hydrogen) atoms. The van der Waals surface area contributed by atoms with E-state index in [2.05, 4.69) is 15.5 Å².